The minimum Gasteiger partial charge on any atom is -0.497 e. The SMILES string of the molecule is COc1ccc(-c2nn(-c3ccccc3)cc2CC(=O)N2CC[C@H](CN)C2)cc1. The van der Waals surface area contributed by atoms with Crippen LogP contribution < -0.4 is 10.5 Å². The highest BCUT2D eigenvalue weighted by Gasteiger charge is 2.26. The van der Waals surface area contributed by atoms with Crippen LogP contribution in [-0.2, 0) is 11.2 Å². The van der Waals surface area contributed by atoms with E-state index in [9.17, 15) is 4.79 Å². The summed E-state index contributed by atoms with van der Waals surface area (Å²) < 4.78 is 7.11. The molecule has 29 heavy (non-hydrogen) atoms. The molecular formula is C23H26N4O2. The van der Waals surface area contributed by atoms with E-state index in [-0.39, 0.29) is 5.91 Å². The van der Waals surface area contributed by atoms with Crippen LogP contribution in [0.25, 0.3) is 16.9 Å². The molecule has 1 aliphatic rings. The van der Waals surface area contributed by atoms with Crippen LogP contribution in [0.4, 0.5) is 0 Å². The zero-order chi connectivity index (χ0) is 20.2. The van der Waals surface area contributed by atoms with Crippen LogP contribution in [0.2, 0.25) is 0 Å². The van der Waals surface area contributed by atoms with Gasteiger partial charge in [0.1, 0.15) is 5.75 Å². The number of likely N-dealkylation sites (tertiary alicyclic amines) is 1. The molecular weight excluding hydrogens is 364 g/mol. The maximum Gasteiger partial charge on any atom is 0.227 e. The van der Waals surface area contributed by atoms with E-state index in [1.165, 1.54) is 0 Å². The molecule has 0 saturated carbocycles. The van der Waals surface area contributed by atoms with E-state index in [1.807, 2.05) is 70.4 Å². The number of rotatable bonds is 6. The highest BCUT2D eigenvalue weighted by molar-refractivity contribution is 5.81. The molecule has 6 heteroatoms. The van der Waals surface area contributed by atoms with Crippen LogP contribution in [-0.4, -0.2) is 47.3 Å². The lowest BCUT2D eigenvalue weighted by Gasteiger charge is -2.16. The molecule has 0 bridgehead atoms. The quantitative estimate of drug-likeness (QED) is 0.702. The van der Waals surface area contributed by atoms with E-state index in [2.05, 4.69) is 0 Å². The number of nitrogens with two attached hydrogens (primary N) is 1. The largest absolute Gasteiger partial charge is 0.497 e. The Labute approximate surface area is 170 Å². The Bertz CT molecular complexity index is 966. The first-order valence-electron chi connectivity index (χ1n) is 9.94. The number of hydrogen-bond donors (Lipinski definition) is 1. The van der Waals surface area contributed by atoms with Crippen LogP contribution in [0.5, 0.6) is 5.75 Å². The van der Waals surface area contributed by atoms with Gasteiger partial charge in [-0.25, -0.2) is 4.68 Å². The van der Waals surface area contributed by atoms with Gasteiger partial charge >= 0.3 is 0 Å². The Morgan fingerprint density at radius 2 is 1.93 bits per heavy atom. The lowest BCUT2D eigenvalue weighted by atomic mass is 10.1. The lowest BCUT2D eigenvalue weighted by Crippen LogP contribution is -2.31. The van der Waals surface area contributed by atoms with Gasteiger partial charge in [0.05, 0.1) is 24.9 Å². The number of aromatic nitrogens is 2. The van der Waals surface area contributed by atoms with Crippen molar-refractivity contribution in [3.63, 3.8) is 0 Å². The van der Waals surface area contributed by atoms with Crippen molar-refractivity contribution in [3.8, 4) is 22.7 Å². The van der Waals surface area contributed by atoms with Crippen LogP contribution >= 0.6 is 0 Å². The number of hydrogen-bond acceptors (Lipinski definition) is 4. The van der Waals surface area contributed by atoms with Gasteiger partial charge in [0.15, 0.2) is 0 Å². The maximum atomic E-state index is 12.9. The van der Waals surface area contributed by atoms with Gasteiger partial charge in [0, 0.05) is 30.4 Å². The smallest absolute Gasteiger partial charge is 0.227 e. The highest BCUT2D eigenvalue weighted by Crippen LogP contribution is 2.27. The van der Waals surface area contributed by atoms with Gasteiger partial charge in [-0.2, -0.15) is 5.10 Å². The second-order valence-corrected chi connectivity index (χ2v) is 7.42. The fourth-order valence-corrected chi connectivity index (χ4v) is 3.77. The second-order valence-electron chi connectivity index (χ2n) is 7.42. The third kappa shape index (κ3) is 4.17. The molecule has 3 aromatic rings. The van der Waals surface area contributed by atoms with Crippen molar-refractivity contribution in [3.05, 3.63) is 66.4 Å². The van der Waals surface area contributed by atoms with Gasteiger partial charge < -0.3 is 15.4 Å². The van der Waals surface area contributed by atoms with Gasteiger partial charge in [-0.3, -0.25) is 4.79 Å². The van der Waals surface area contributed by atoms with Crippen molar-refractivity contribution in [1.82, 2.24) is 14.7 Å². The summed E-state index contributed by atoms with van der Waals surface area (Å²) in [6.45, 7) is 2.16. The van der Waals surface area contributed by atoms with Gasteiger partial charge in [0.2, 0.25) is 5.91 Å². The number of nitrogens with zero attached hydrogens (tertiary/aromatic N) is 3. The molecule has 4 rings (SSSR count). The molecule has 2 aromatic carbocycles. The van der Waals surface area contributed by atoms with Crippen molar-refractivity contribution in [1.29, 1.82) is 0 Å². The summed E-state index contributed by atoms with van der Waals surface area (Å²) >= 11 is 0. The van der Waals surface area contributed by atoms with E-state index in [1.54, 1.807) is 7.11 Å². The summed E-state index contributed by atoms with van der Waals surface area (Å²) in [5.41, 5.74) is 9.44. The molecule has 0 radical (unpaired) electrons. The fourth-order valence-electron chi connectivity index (χ4n) is 3.77. The summed E-state index contributed by atoms with van der Waals surface area (Å²) in [6.07, 6.45) is 3.27. The normalized spacial score (nSPS) is 16.2. The van der Waals surface area contributed by atoms with Crippen molar-refractivity contribution in [2.24, 2.45) is 11.7 Å². The van der Waals surface area contributed by atoms with E-state index >= 15 is 0 Å². The monoisotopic (exact) mass is 390 g/mol. The average Bonchev–Trinajstić information content (AvgIpc) is 3.42. The number of carbonyl (C=O) groups excluding carboxylic acids is 1. The fraction of sp³-hybridized carbons (Fsp3) is 0.304. The molecule has 0 spiro atoms. The Hall–Kier alpha value is -3.12. The highest BCUT2D eigenvalue weighted by atomic mass is 16.5. The molecule has 0 aliphatic carbocycles. The number of ether oxygens (including phenoxy) is 1. The third-order valence-corrected chi connectivity index (χ3v) is 5.49. The van der Waals surface area contributed by atoms with Gasteiger partial charge in [-0.15, -0.1) is 0 Å². The molecule has 1 aliphatic heterocycles. The Morgan fingerprint density at radius 1 is 1.17 bits per heavy atom. The standard InChI is InChI=1S/C23H26N4O2/c1-29-21-9-7-18(8-10-21)23-19(13-22(28)26-12-11-17(14-24)15-26)16-27(25-23)20-5-3-2-4-6-20/h2-10,16-17H,11-15,24H2,1H3/t17-/m1/s1. The van der Waals surface area contributed by atoms with Gasteiger partial charge in [-0.1, -0.05) is 18.2 Å². The van der Waals surface area contributed by atoms with E-state index < -0.39 is 0 Å². The average molecular weight is 390 g/mol. The van der Waals surface area contributed by atoms with Crippen molar-refractivity contribution in [2.45, 2.75) is 12.8 Å². The number of para-hydroxylation sites is 1. The topological polar surface area (TPSA) is 73.4 Å². The molecule has 1 amide bonds. The van der Waals surface area contributed by atoms with Gasteiger partial charge in [-0.05, 0) is 55.3 Å². The summed E-state index contributed by atoms with van der Waals surface area (Å²) in [7, 11) is 1.65. The zero-order valence-electron chi connectivity index (χ0n) is 16.6. The Kier molecular flexibility index (Phi) is 5.62. The minimum absolute atomic E-state index is 0.128. The number of methoxy groups -OCH3 is 1. The summed E-state index contributed by atoms with van der Waals surface area (Å²) in [5, 5.41) is 4.80. The van der Waals surface area contributed by atoms with Crippen LogP contribution in [0.15, 0.2) is 60.8 Å². The summed E-state index contributed by atoms with van der Waals surface area (Å²) in [6, 6.07) is 17.7. The molecule has 1 atom stereocenters. The third-order valence-electron chi connectivity index (χ3n) is 5.49. The molecule has 2 N–H and O–H groups in total. The minimum atomic E-state index is 0.128. The lowest BCUT2D eigenvalue weighted by molar-refractivity contribution is -0.129. The van der Waals surface area contributed by atoms with E-state index in [0.29, 0.717) is 18.9 Å². The molecule has 150 valence electrons. The molecule has 6 nitrogen and oxygen atoms in total. The maximum absolute atomic E-state index is 12.9. The van der Waals surface area contributed by atoms with Crippen molar-refractivity contribution in [2.75, 3.05) is 26.7 Å². The van der Waals surface area contributed by atoms with Gasteiger partial charge in [0.25, 0.3) is 0 Å². The number of benzene rings is 2. The van der Waals surface area contributed by atoms with Crippen LogP contribution in [0, 0.1) is 5.92 Å². The molecule has 0 unspecified atom stereocenters. The predicted molar refractivity (Wildman–Crippen MR) is 113 cm³/mol. The first kappa shape index (κ1) is 19.2. The van der Waals surface area contributed by atoms with Crippen LogP contribution in [0.3, 0.4) is 0 Å². The first-order valence-corrected chi connectivity index (χ1v) is 9.94. The van der Waals surface area contributed by atoms with Crippen molar-refractivity contribution < 1.29 is 9.53 Å². The zero-order valence-corrected chi connectivity index (χ0v) is 16.6. The first-order chi connectivity index (χ1) is 14.2. The molecule has 1 fully saturated rings. The van der Waals surface area contributed by atoms with E-state index in [0.717, 1.165) is 47.8 Å². The Balaban J connectivity index is 1.65. The number of carbonyl (C=O) groups is 1. The van der Waals surface area contributed by atoms with Crippen LogP contribution in [0.1, 0.15) is 12.0 Å². The number of amides is 1. The molecule has 2 heterocycles. The Morgan fingerprint density at radius 3 is 2.59 bits per heavy atom. The van der Waals surface area contributed by atoms with Crippen molar-refractivity contribution >= 4 is 5.91 Å². The predicted octanol–water partition coefficient (Wildman–Crippen LogP) is 2.90. The molecule has 1 saturated heterocycles. The second kappa shape index (κ2) is 8.49. The summed E-state index contributed by atoms with van der Waals surface area (Å²) in [4.78, 5) is 14.9. The summed E-state index contributed by atoms with van der Waals surface area (Å²) in [5.74, 6) is 1.33. The molecule has 1 aromatic heterocycles. The van der Waals surface area contributed by atoms with E-state index in [4.69, 9.17) is 15.6 Å².